The van der Waals surface area contributed by atoms with Gasteiger partial charge in [0, 0.05) is 17.4 Å². The van der Waals surface area contributed by atoms with Crippen LogP contribution in [0.5, 0.6) is 0 Å². The molecule has 1 fully saturated rings. The molecule has 0 radical (unpaired) electrons. The van der Waals surface area contributed by atoms with Crippen LogP contribution in [0.2, 0.25) is 0 Å². The molecule has 128 valence electrons. The Bertz CT molecular complexity index is 730. The van der Waals surface area contributed by atoms with E-state index in [1.54, 1.807) is 6.26 Å². The summed E-state index contributed by atoms with van der Waals surface area (Å²) in [4.78, 5) is 16.5. The zero-order valence-electron chi connectivity index (χ0n) is 14.7. The number of hydrogen-bond donors (Lipinski definition) is 2. The van der Waals surface area contributed by atoms with Gasteiger partial charge in [0.1, 0.15) is 6.26 Å². The van der Waals surface area contributed by atoms with Gasteiger partial charge in [-0.05, 0) is 24.5 Å². The molecule has 2 amide bonds. The second-order valence-electron chi connectivity index (χ2n) is 7.51. The molecule has 5 nitrogen and oxygen atoms in total. The largest absolute Gasteiger partial charge is 0.447 e. The van der Waals surface area contributed by atoms with Crippen LogP contribution >= 0.6 is 0 Å². The van der Waals surface area contributed by atoms with Gasteiger partial charge >= 0.3 is 6.03 Å². The molecule has 1 aliphatic carbocycles. The lowest BCUT2D eigenvalue weighted by Crippen LogP contribution is -2.37. The van der Waals surface area contributed by atoms with E-state index >= 15 is 0 Å². The number of nitrogens with zero attached hydrogens (tertiary/aromatic N) is 1. The Labute approximate surface area is 142 Å². The molecule has 0 unspecified atom stereocenters. The second-order valence-corrected chi connectivity index (χ2v) is 7.51. The average molecular weight is 327 g/mol. The van der Waals surface area contributed by atoms with Crippen LogP contribution in [0.15, 0.2) is 34.9 Å². The van der Waals surface area contributed by atoms with E-state index in [1.165, 1.54) is 11.1 Å². The summed E-state index contributed by atoms with van der Waals surface area (Å²) in [5.41, 5.74) is 3.44. The van der Waals surface area contributed by atoms with Gasteiger partial charge in [0.05, 0.1) is 12.2 Å². The Morgan fingerprint density at radius 3 is 2.75 bits per heavy atom. The summed E-state index contributed by atoms with van der Waals surface area (Å²) in [5.74, 6) is 0.951. The number of carbonyl (C=O) groups excluding carboxylic acids is 1. The first-order valence-corrected chi connectivity index (χ1v) is 8.39. The van der Waals surface area contributed by atoms with Crippen molar-refractivity contribution in [2.45, 2.75) is 58.0 Å². The van der Waals surface area contributed by atoms with Crippen molar-refractivity contribution in [2.75, 3.05) is 0 Å². The van der Waals surface area contributed by atoms with Crippen molar-refractivity contribution >= 4 is 6.03 Å². The minimum absolute atomic E-state index is 0.0568. The van der Waals surface area contributed by atoms with Crippen molar-refractivity contribution in [1.29, 1.82) is 0 Å². The summed E-state index contributed by atoms with van der Waals surface area (Å²) in [6.45, 7) is 8.64. The van der Waals surface area contributed by atoms with Crippen LogP contribution in [0.3, 0.4) is 0 Å². The molecule has 5 heteroatoms. The monoisotopic (exact) mass is 327 g/mol. The maximum atomic E-state index is 12.0. The molecule has 1 aromatic heterocycles. The Morgan fingerprint density at radius 2 is 2.08 bits per heavy atom. The maximum absolute atomic E-state index is 12.0. The fourth-order valence-corrected chi connectivity index (χ4v) is 2.81. The summed E-state index contributed by atoms with van der Waals surface area (Å²) in [5, 5.41) is 5.83. The summed E-state index contributed by atoms with van der Waals surface area (Å²) in [6.07, 6.45) is 2.65. The Kier molecular flexibility index (Phi) is 4.35. The molecule has 0 aliphatic heterocycles. The lowest BCUT2D eigenvalue weighted by Gasteiger charge is -2.13. The molecule has 1 saturated carbocycles. The summed E-state index contributed by atoms with van der Waals surface area (Å²) >= 11 is 0. The molecular formula is C19H25N3O2. The fourth-order valence-electron chi connectivity index (χ4n) is 2.81. The van der Waals surface area contributed by atoms with Gasteiger partial charge in [-0.1, -0.05) is 45.0 Å². The molecule has 2 aromatic rings. The molecular weight excluding hydrogens is 302 g/mol. The molecule has 1 aromatic carbocycles. The second kappa shape index (κ2) is 6.30. The van der Waals surface area contributed by atoms with Crippen LogP contribution < -0.4 is 10.6 Å². The predicted octanol–water partition coefficient (Wildman–Crippen LogP) is 3.64. The van der Waals surface area contributed by atoms with Crippen molar-refractivity contribution in [2.24, 2.45) is 0 Å². The number of aryl methyl sites for hydroxylation is 1. The van der Waals surface area contributed by atoms with Crippen molar-refractivity contribution in [3.05, 3.63) is 53.2 Å². The maximum Gasteiger partial charge on any atom is 0.315 e. The van der Waals surface area contributed by atoms with Crippen LogP contribution in [-0.2, 0) is 12.0 Å². The van der Waals surface area contributed by atoms with E-state index < -0.39 is 0 Å². The van der Waals surface area contributed by atoms with E-state index in [1.807, 2.05) is 12.1 Å². The highest BCUT2D eigenvalue weighted by molar-refractivity contribution is 5.74. The van der Waals surface area contributed by atoms with Gasteiger partial charge < -0.3 is 15.1 Å². The third-order valence-corrected chi connectivity index (χ3v) is 4.42. The van der Waals surface area contributed by atoms with Crippen molar-refractivity contribution in [3.8, 4) is 0 Å². The van der Waals surface area contributed by atoms with Crippen LogP contribution in [0, 0.1) is 6.92 Å². The SMILES string of the molecule is Cc1ccccc1[C@@H]1C[C@H]1NC(=O)NCc1nc(C(C)(C)C)co1. The quantitative estimate of drug-likeness (QED) is 0.901. The lowest BCUT2D eigenvalue weighted by molar-refractivity contribution is 0.238. The van der Waals surface area contributed by atoms with Crippen molar-refractivity contribution < 1.29 is 9.21 Å². The average Bonchev–Trinajstić information content (AvgIpc) is 3.08. The van der Waals surface area contributed by atoms with Gasteiger partial charge in [-0.15, -0.1) is 0 Å². The molecule has 24 heavy (non-hydrogen) atoms. The van der Waals surface area contributed by atoms with Gasteiger partial charge in [-0.25, -0.2) is 9.78 Å². The number of carbonyl (C=O) groups is 1. The zero-order valence-corrected chi connectivity index (χ0v) is 14.7. The van der Waals surface area contributed by atoms with Gasteiger partial charge in [0.25, 0.3) is 0 Å². The van der Waals surface area contributed by atoms with E-state index in [0.717, 1.165) is 12.1 Å². The first kappa shape index (κ1) is 16.6. The minimum Gasteiger partial charge on any atom is -0.447 e. The Morgan fingerprint density at radius 1 is 1.33 bits per heavy atom. The Hall–Kier alpha value is -2.30. The van der Waals surface area contributed by atoms with E-state index in [-0.39, 0.29) is 17.5 Å². The normalized spacial score (nSPS) is 19.8. The number of aromatic nitrogens is 1. The van der Waals surface area contributed by atoms with E-state index in [4.69, 9.17) is 4.42 Å². The third kappa shape index (κ3) is 3.78. The number of oxazole rings is 1. The minimum atomic E-state index is -0.174. The molecule has 0 bridgehead atoms. The molecule has 2 atom stereocenters. The predicted molar refractivity (Wildman–Crippen MR) is 92.9 cm³/mol. The van der Waals surface area contributed by atoms with E-state index in [0.29, 0.717) is 18.4 Å². The molecule has 3 rings (SSSR count). The highest BCUT2D eigenvalue weighted by atomic mass is 16.3. The highest BCUT2D eigenvalue weighted by Crippen LogP contribution is 2.41. The summed E-state index contributed by atoms with van der Waals surface area (Å²) in [6, 6.07) is 8.37. The molecule has 0 spiro atoms. The van der Waals surface area contributed by atoms with Crippen LogP contribution in [0.1, 0.15) is 55.8 Å². The summed E-state index contributed by atoms with van der Waals surface area (Å²) < 4.78 is 5.41. The summed E-state index contributed by atoms with van der Waals surface area (Å²) in [7, 11) is 0. The molecule has 2 N–H and O–H groups in total. The number of hydrogen-bond acceptors (Lipinski definition) is 3. The number of rotatable bonds is 4. The van der Waals surface area contributed by atoms with Crippen molar-refractivity contribution in [3.63, 3.8) is 0 Å². The topological polar surface area (TPSA) is 67.2 Å². The fraction of sp³-hybridized carbons (Fsp3) is 0.474. The van der Waals surface area contributed by atoms with Crippen molar-refractivity contribution in [1.82, 2.24) is 15.6 Å². The lowest BCUT2D eigenvalue weighted by atomic mass is 9.93. The Balaban J connectivity index is 1.47. The number of nitrogens with one attached hydrogen (secondary N) is 2. The highest BCUT2D eigenvalue weighted by Gasteiger charge is 2.40. The van der Waals surface area contributed by atoms with Gasteiger partial charge in [-0.3, -0.25) is 0 Å². The van der Waals surface area contributed by atoms with Crippen LogP contribution in [0.4, 0.5) is 4.79 Å². The zero-order chi connectivity index (χ0) is 17.3. The van der Waals surface area contributed by atoms with Gasteiger partial charge in [0.2, 0.25) is 5.89 Å². The molecule has 0 saturated heterocycles. The molecule has 1 aliphatic rings. The molecule has 1 heterocycles. The van der Waals surface area contributed by atoms with Crippen LogP contribution in [0.25, 0.3) is 0 Å². The van der Waals surface area contributed by atoms with Crippen LogP contribution in [-0.4, -0.2) is 17.1 Å². The van der Waals surface area contributed by atoms with Gasteiger partial charge in [-0.2, -0.15) is 0 Å². The number of urea groups is 1. The van der Waals surface area contributed by atoms with Gasteiger partial charge in [0.15, 0.2) is 0 Å². The van der Waals surface area contributed by atoms with E-state index in [9.17, 15) is 4.79 Å². The van der Waals surface area contributed by atoms with E-state index in [2.05, 4.69) is 55.4 Å². The standard InChI is InChI=1S/C19H25N3O2/c1-12-7-5-6-8-13(12)14-9-15(14)21-18(23)20-10-17-22-16(11-24-17)19(2,3)4/h5-8,11,14-15H,9-10H2,1-4H3,(H2,20,21,23)/t14-,15+/m0/s1. The number of amides is 2. The first-order chi connectivity index (χ1) is 11.3. The third-order valence-electron chi connectivity index (χ3n) is 4.42. The number of benzene rings is 1. The smallest absolute Gasteiger partial charge is 0.315 e. The first-order valence-electron chi connectivity index (χ1n) is 8.39.